The van der Waals surface area contributed by atoms with E-state index < -0.39 is 0 Å². The molecule has 0 aliphatic carbocycles. The number of rotatable bonds is 7. The van der Waals surface area contributed by atoms with E-state index in [1.165, 1.54) is 0 Å². The van der Waals surface area contributed by atoms with Crippen molar-refractivity contribution in [1.82, 2.24) is 10.2 Å². The second-order valence-corrected chi connectivity index (χ2v) is 4.31. The minimum absolute atomic E-state index is 0.0492. The van der Waals surface area contributed by atoms with Crippen LogP contribution < -0.4 is 5.32 Å². The molecule has 0 saturated carbocycles. The first-order valence-electron chi connectivity index (χ1n) is 6.34. The van der Waals surface area contributed by atoms with E-state index >= 15 is 0 Å². The fraction of sp³-hybridized carbons (Fsp3) is 0.917. The predicted molar refractivity (Wildman–Crippen MR) is 66.0 cm³/mol. The van der Waals surface area contributed by atoms with Crippen molar-refractivity contribution in [1.29, 1.82) is 0 Å². The molecule has 1 saturated heterocycles. The number of nitrogens with zero attached hydrogens (tertiary/aromatic N) is 1. The molecular formula is C12H24N2O3. The van der Waals surface area contributed by atoms with Gasteiger partial charge in [-0.05, 0) is 26.3 Å². The Morgan fingerprint density at radius 2 is 2.24 bits per heavy atom. The fourth-order valence-corrected chi connectivity index (χ4v) is 1.88. The van der Waals surface area contributed by atoms with Crippen LogP contribution in [0.4, 0.5) is 0 Å². The van der Waals surface area contributed by atoms with Crippen molar-refractivity contribution in [2.75, 3.05) is 46.6 Å². The highest BCUT2D eigenvalue weighted by molar-refractivity contribution is 5.81. The van der Waals surface area contributed by atoms with Crippen LogP contribution in [0.5, 0.6) is 0 Å². The van der Waals surface area contributed by atoms with Gasteiger partial charge in [-0.15, -0.1) is 0 Å². The van der Waals surface area contributed by atoms with Crippen molar-refractivity contribution in [2.24, 2.45) is 0 Å². The number of carbonyl (C=O) groups excluding carboxylic acids is 1. The lowest BCUT2D eigenvalue weighted by Crippen LogP contribution is -2.42. The minimum Gasteiger partial charge on any atom is -0.382 e. The average molecular weight is 244 g/mol. The number of nitrogens with one attached hydrogen (secondary N) is 1. The fourth-order valence-electron chi connectivity index (χ4n) is 1.88. The molecule has 5 nitrogen and oxygen atoms in total. The van der Waals surface area contributed by atoms with Gasteiger partial charge in [0.15, 0.2) is 0 Å². The van der Waals surface area contributed by atoms with Crippen molar-refractivity contribution >= 4 is 5.91 Å². The summed E-state index contributed by atoms with van der Waals surface area (Å²) in [4.78, 5) is 13.8. The summed E-state index contributed by atoms with van der Waals surface area (Å²) in [6, 6.07) is -0.0492. The van der Waals surface area contributed by atoms with Gasteiger partial charge in [0.25, 0.3) is 0 Å². The Labute approximate surface area is 103 Å². The summed E-state index contributed by atoms with van der Waals surface area (Å²) in [7, 11) is 1.66. The lowest BCUT2D eigenvalue weighted by Gasteiger charge is -2.22. The van der Waals surface area contributed by atoms with Crippen LogP contribution in [0.2, 0.25) is 0 Å². The first-order valence-corrected chi connectivity index (χ1v) is 6.34. The average Bonchev–Trinajstić information content (AvgIpc) is 2.48. The van der Waals surface area contributed by atoms with Gasteiger partial charge in [-0.1, -0.05) is 0 Å². The van der Waals surface area contributed by atoms with Crippen LogP contribution in [-0.2, 0) is 14.3 Å². The lowest BCUT2D eigenvalue weighted by atomic mass is 10.3. The summed E-state index contributed by atoms with van der Waals surface area (Å²) in [5.74, 6) is 0.208. The van der Waals surface area contributed by atoms with Gasteiger partial charge in [-0.25, -0.2) is 0 Å². The monoisotopic (exact) mass is 244 g/mol. The number of methoxy groups -OCH3 is 1. The Kier molecular flexibility index (Phi) is 7.16. The largest absolute Gasteiger partial charge is 0.382 e. The number of amides is 1. The highest BCUT2D eigenvalue weighted by Gasteiger charge is 2.22. The smallest absolute Gasteiger partial charge is 0.239 e. The third-order valence-corrected chi connectivity index (χ3v) is 2.89. The maximum atomic E-state index is 11.9. The molecule has 1 heterocycles. The molecule has 17 heavy (non-hydrogen) atoms. The van der Waals surface area contributed by atoms with Crippen LogP contribution in [0.25, 0.3) is 0 Å². The summed E-state index contributed by atoms with van der Waals surface area (Å²) in [6.07, 6.45) is 1.92. The second kappa shape index (κ2) is 8.44. The third kappa shape index (κ3) is 5.48. The number of hydrogen-bond donors (Lipinski definition) is 1. The van der Waals surface area contributed by atoms with E-state index in [1.54, 1.807) is 7.11 Å². The van der Waals surface area contributed by atoms with Crippen LogP contribution in [0.15, 0.2) is 0 Å². The van der Waals surface area contributed by atoms with Gasteiger partial charge in [0.2, 0.25) is 5.91 Å². The molecule has 1 atom stereocenters. The van der Waals surface area contributed by atoms with E-state index in [4.69, 9.17) is 9.47 Å². The summed E-state index contributed by atoms with van der Waals surface area (Å²) >= 11 is 0. The second-order valence-electron chi connectivity index (χ2n) is 4.31. The summed E-state index contributed by atoms with van der Waals surface area (Å²) in [6.45, 7) is 6.44. The Morgan fingerprint density at radius 3 is 3.00 bits per heavy atom. The van der Waals surface area contributed by atoms with Gasteiger partial charge in [0.05, 0.1) is 19.3 Å². The first kappa shape index (κ1) is 14.4. The van der Waals surface area contributed by atoms with Crippen LogP contribution >= 0.6 is 0 Å². The van der Waals surface area contributed by atoms with Gasteiger partial charge in [0, 0.05) is 26.8 Å². The summed E-state index contributed by atoms with van der Waals surface area (Å²) < 4.78 is 10.3. The first-order chi connectivity index (χ1) is 8.25. The summed E-state index contributed by atoms with van der Waals surface area (Å²) in [5.41, 5.74) is 0. The molecule has 0 radical (unpaired) electrons. The Hall–Kier alpha value is -0.650. The highest BCUT2D eigenvalue weighted by Crippen LogP contribution is 2.03. The molecule has 100 valence electrons. The van der Waals surface area contributed by atoms with Crippen LogP contribution in [0.1, 0.15) is 19.8 Å². The molecule has 1 fully saturated rings. The van der Waals surface area contributed by atoms with Gasteiger partial charge in [0.1, 0.15) is 0 Å². The Bertz CT molecular complexity index is 224. The van der Waals surface area contributed by atoms with E-state index in [-0.39, 0.29) is 11.9 Å². The molecule has 0 bridgehead atoms. The molecule has 1 rings (SSSR count). The molecule has 0 aromatic heterocycles. The number of ether oxygens (including phenoxy) is 2. The van der Waals surface area contributed by atoms with Gasteiger partial charge in [-0.2, -0.15) is 0 Å². The molecule has 1 unspecified atom stereocenters. The maximum absolute atomic E-state index is 11.9. The zero-order valence-electron chi connectivity index (χ0n) is 10.9. The van der Waals surface area contributed by atoms with Crippen molar-refractivity contribution < 1.29 is 14.3 Å². The van der Waals surface area contributed by atoms with E-state index in [2.05, 4.69) is 5.32 Å². The van der Waals surface area contributed by atoms with Gasteiger partial charge in [-0.3, -0.25) is 4.79 Å². The molecule has 0 spiro atoms. The van der Waals surface area contributed by atoms with Gasteiger partial charge >= 0.3 is 0 Å². The predicted octanol–water partition coefficient (Wildman–Crippen LogP) is 0.250. The number of hydrogen-bond acceptors (Lipinski definition) is 4. The Morgan fingerprint density at radius 1 is 1.41 bits per heavy atom. The molecule has 1 N–H and O–H groups in total. The van der Waals surface area contributed by atoms with Crippen molar-refractivity contribution in [3.63, 3.8) is 0 Å². The molecule has 1 amide bonds. The van der Waals surface area contributed by atoms with Crippen molar-refractivity contribution in [2.45, 2.75) is 25.8 Å². The van der Waals surface area contributed by atoms with E-state index in [1.807, 2.05) is 11.8 Å². The zero-order valence-corrected chi connectivity index (χ0v) is 10.9. The van der Waals surface area contributed by atoms with E-state index in [0.29, 0.717) is 19.8 Å². The molecule has 1 aliphatic rings. The van der Waals surface area contributed by atoms with Crippen LogP contribution in [0.3, 0.4) is 0 Å². The lowest BCUT2D eigenvalue weighted by molar-refractivity contribution is -0.132. The minimum atomic E-state index is -0.0492. The van der Waals surface area contributed by atoms with Crippen LogP contribution in [0, 0.1) is 0 Å². The topological polar surface area (TPSA) is 50.8 Å². The molecular weight excluding hydrogens is 220 g/mol. The summed E-state index contributed by atoms with van der Waals surface area (Å²) in [5, 5.41) is 3.20. The van der Waals surface area contributed by atoms with E-state index in [9.17, 15) is 4.79 Å². The van der Waals surface area contributed by atoms with E-state index in [0.717, 1.165) is 32.5 Å². The quantitative estimate of drug-likeness (QED) is 0.652. The SMILES string of the molecule is COCCOCCCN1CCCNC(C)C1=O. The van der Waals surface area contributed by atoms with Crippen molar-refractivity contribution in [3.05, 3.63) is 0 Å². The van der Waals surface area contributed by atoms with Crippen LogP contribution in [-0.4, -0.2) is 63.4 Å². The van der Waals surface area contributed by atoms with Gasteiger partial charge < -0.3 is 19.7 Å². The highest BCUT2D eigenvalue weighted by atomic mass is 16.5. The molecule has 0 aromatic carbocycles. The molecule has 5 heteroatoms. The van der Waals surface area contributed by atoms with Crippen molar-refractivity contribution in [3.8, 4) is 0 Å². The normalized spacial score (nSPS) is 21.6. The molecule has 1 aliphatic heterocycles. The Balaban J connectivity index is 2.14. The molecule has 0 aromatic rings. The zero-order chi connectivity index (χ0) is 12.5. The maximum Gasteiger partial charge on any atom is 0.239 e. The number of carbonyl (C=O) groups is 1. The third-order valence-electron chi connectivity index (χ3n) is 2.89. The standard InChI is InChI=1S/C12H24N2O3/c1-11-12(15)14(6-3-5-13-11)7-4-8-17-10-9-16-2/h11,13H,3-10H2,1-2H3.